The molecular weight excluding hydrogens is 448 g/mol. The van der Waals surface area contributed by atoms with Crippen molar-refractivity contribution in [3.05, 3.63) is 149 Å². The van der Waals surface area contributed by atoms with E-state index in [4.69, 9.17) is 4.74 Å². The van der Waals surface area contributed by atoms with E-state index in [-0.39, 0.29) is 11.6 Å². The summed E-state index contributed by atoms with van der Waals surface area (Å²) in [6.45, 7) is 9.12. The van der Waals surface area contributed by atoms with Crippen LogP contribution in [0.4, 0.5) is 0 Å². The van der Waals surface area contributed by atoms with Gasteiger partial charge in [0.2, 0.25) is 0 Å². The number of benzene rings is 4. The molecule has 0 aliphatic heterocycles. The van der Waals surface area contributed by atoms with Gasteiger partial charge in [-0.1, -0.05) is 96.6 Å². The summed E-state index contributed by atoms with van der Waals surface area (Å²) < 4.78 is 5.07. The molecule has 36 heavy (non-hydrogen) atoms. The third kappa shape index (κ3) is 7.21. The number of carbonyl (C=O) groups excluding carboxylic acids is 3. The fourth-order valence-electron chi connectivity index (χ4n) is 3.20. The molecule has 0 N–H and O–H groups in total. The highest BCUT2D eigenvalue weighted by molar-refractivity contribution is 6.09. The number of hydrogen-bond donors (Lipinski definition) is 0. The standard InChI is InChI=1S/C17H14O3.C15H14O/c1-12(2)17(19)20-15-10-8-14(9-11-15)16(18)13-6-4-3-5-7-13;1-11-3-7-13(8-4-11)15(16)14-9-5-12(2)6-10-14/h3-11H,1H2,2H3;3-10H,1-2H3. The molecular formula is C32H28O4. The zero-order valence-electron chi connectivity index (χ0n) is 20.7. The van der Waals surface area contributed by atoms with E-state index in [1.54, 1.807) is 43.3 Å². The molecule has 0 aromatic heterocycles. The molecule has 180 valence electrons. The first kappa shape index (κ1) is 26.0. The number of esters is 1. The second-order valence-corrected chi connectivity index (χ2v) is 8.45. The summed E-state index contributed by atoms with van der Waals surface area (Å²) in [5, 5.41) is 0. The van der Waals surface area contributed by atoms with E-state index < -0.39 is 5.97 Å². The number of rotatable bonds is 6. The van der Waals surface area contributed by atoms with Crippen molar-refractivity contribution in [2.24, 2.45) is 0 Å². The normalized spacial score (nSPS) is 9.97. The zero-order chi connectivity index (χ0) is 26.1. The molecule has 4 nitrogen and oxygen atoms in total. The highest BCUT2D eigenvalue weighted by atomic mass is 16.5. The summed E-state index contributed by atoms with van der Waals surface area (Å²) in [6.07, 6.45) is 0. The number of hydrogen-bond acceptors (Lipinski definition) is 4. The van der Waals surface area contributed by atoms with Gasteiger partial charge in [0, 0.05) is 27.8 Å². The molecule has 0 amide bonds. The van der Waals surface area contributed by atoms with Gasteiger partial charge in [0.15, 0.2) is 11.6 Å². The lowest BCUT2D eigenvalue weighted by Gasteiger charge is -2.05. The van der Waals surface area contributed by atoms with Gasteiger partial charge in [0.1, 0.15) is 5.75 Å². The van der Waals surface area contributed by atoms with Crippen LogP contribution in [0.5, 0.6) is 5.75 Å². The molecule has 0 saturated heterocycles. The second-order valence-electron chi connectivity index (χ2n) is 8.45. The minimum absolute atomic E-state index is 0.0663. The molecule has 0 fully saturated rings. The van der Waals surface area contributed by atoms with Gasteiger partial charge in [0.05, 0.1) is 0 Å². The Balaban J connectivity index is 0.000000205. The van der Waals surface area contributed by atoms with Crippen LogP contribution in [0, 0.1) is 13.8 Å². The molecule has 0 radical (unpaired) electrons. The first-order valence-electron chi connectivity index (χ1n) is 11.5. The molecule has 0 spiro atoms. The van der Waals surface area contributed by atoms with E-state index in [9.17, 15) is 14.4 Å². The fraction of sp³-hybridized carbons (Fsp3) is 0.0938. The van der Waals surface area contributed by atoms with Crippen molar-refractivity contribution < 1.29 is 19.1 Å². The van der Waals surface area contributed by atoms with Crippen molar-refractivity contribution in [2.45, 2.75) is 20.8 Å². The van der Waals surface area contributed by atoms with E-state index in [2.05, 4.69) is 6.58 Å². The SMILES string of the molecule is C=C(C)C(=O)Oc1ccc(C(=O)c2ccccc2)cc1.Cc1ccc(C(=O)c2ccc(C)cc2)cc1. The molecule has 4 heteroatoms. The molecule has 0 unspecified atom stereocenters. The van der Waals surface area contributed by atoms with E-state index in [0.29, 0.717) is 22.4 Å². The van der Waals surface area contributed by atoms with Gasteiger partial charge in [-0.15, -0.1) is 0 Å². The van der Waals surface area contributed by atoms with E-state index in [1.165, 1.54) is 11.1 Å². The highest BCUT2D eigenvalue weighted by Crippen LogP contribution is 2.16. The van der Waals surface area contributed by atoms with E-state index in [1.807, 2.05) is 80.6 Å². The van der Waals surface area contributed by atoms with Gasteiger partial charge in [-0.3, -0.25) is 9.59 Å². The molecule has 0 atom stereocenters. The highest BCUT2D eigenvalue weighted by Gasteiger charge is 2.10. The van der Waals surface area contributed by atoms with Crippen LogP contribution in [0.3, 0.4) is 0 Å². The van der Waals surface area contributed by atoms with Crippen LogP contribution in [-0.4, -0.2) is 17.5 Å². The Labute approximate surface area is 211 Å². The predicted octanol–water partition coefficient (Wildman–Crippen LogP) is 6.93. The fourth-order valence-corrected chi connectivity index (χ4v) is 3.20. The van der Waals surface area contributed by atoms with Crippen molar-refractivity contribution in [2.75, 3.05) is 0 Å². The van der Waals surface area contributed by atoms with Crippen LogP contribution in [0.15, 0.2) is 115 Å². The average Bonchev–Trinajstić information content (AvgIpc) is 2.90. The molecule has 0 heterocycles. The van der Waals surface area contributed by atoms with Crippen LogP contribution in [0.2, 0.25) is 0 Å². The summed E-state index contributed by atoms with van der Waals surface area (Å²) in [5.41, 5.74) is 5.32. The van der Waals surface area contributed by atoms with Gasteiger partial charge in [-0.05, 0) is 45.0 Å². The maximum absolute atomic E-state index is 12.2. The number of ketones is 2. The molecule has 4 rings (SSSR count). The Hall–Kier alpha value is -4.57. The van der Waals surface area contributed by atoms with Gasteiger partial charge in [0.25, 0.3) is 0 Å². The summed E-state index contributed by atoms with van der Waals surface area (Å²) >= 11 is 0. The van der Waals surface area contributed by atoms with Crippen LogP contribution < -0.4 is 4.74 Å². The van der Waals surface area contributed by atoms with Gasteiger partial charge >= 0.3 is 5.97 Å². The van der Waals surface area contributed by atoms with E-state index in [0.717, 1.165) is 11.1 Å². The van der Waals surface area contributed by atoms with Crippen LogP contribution in [0.1, 0.15) is 49.9 Å². The lowest BCUT2D eigenvalue weighted by Crippen LogP contribution is -2.08. The second kappa shape index (κ2) is 12.2. The number of aryl methyl sites for hydroxylation is 2. The topological polar surface area (TPSA) is 60.4 Å². The van der Waals surface area contributed by atoms with Crippen molar-refractivity contribution in [1.82, 2.24) is 0 Å². The number of carbonyl (C=O) groups is 3. The molecule has 0 aliphatic carbocycles. The summed E-state index contributed by atoms with van der Waals surface area (Å²) in [4.78, 5) is 35.6. The molecule has 0 saturated carbocycles. The lowest BCUT2D eigenvalue weighted by atomic mass is 10.0. The van der Waals surface area contributed by atoms with Crippen LogP contribution in [-0.2, 0) is 4.79 Å². The maximum atomic E-state index is 12.2. The molecule has 4 aromatic rings. The maximum Gasteiger partial charge on any atom is 0.338 e. The Bertz CT molecular complexity index is 1300. The molecule has 4 aromatic carbocycles. The Morgan fingerprint density at radius 2 is 0.917 bits per heavy atom. The minimum Gasteiger partial charge on any atom is -0.423 e. The predicted molar refractivity (Wildman–Crippen MR) is 143 cm³/mol. The third-order valence-corrected chi connectivity index (χ3v) is 5.34. The van der Waals surface area contributed by atoms with E-state index >= 15 is 0 Å². The van der Waals surface area contributed by atoms with Gasteiger partial charge in [-0.25, -0.2) is 4.79 Å². The molecule has 0 aliphatic rings. The monoisotopic (exact) mass is 476 g/mol. The largest absolute Gasteiger partial charge is 0.423 e. The van der Waals surface area contributed by atoms with Crippen molar-refractivity contribution in [3.8, 4) is 5.75 Å². The molecule has 0 bridgehead atoms. The van der Waals surface area contributed by atoms with Gasteiger partial charge < -0.3 is 4.74 Å². The Morgan fingerprint density at radius 1 is 0.556 bits per heavy atom. The quantitative estimate of drug-likeness (QED) is 0.131. The summed E-state index contributed by atoms with van der Waals surface area (Å²) in [6, 6.07) is 30.8. The first-order chi connectivity index (χ1) is 17.2. The zero-order valence-corrected chi connectivity index (χ0v) is 20.7. The number of ether oxygens (including phenoxy) is 1. The van der Waals surface area contributed by atoms with Crippen LogP contribution >= 0.6 is 0 Å². The Kier molecular flexibility index (Phi) is 8.84. The minimum atomic E-state index is -0.480. The average molecular weight is 477 g/mol. The summed E-state index contributed by atoms with van der Waals surface area (Å²) in [7, 11) is 0. The lowest BCUT2D eigenvalue weighted by molar-refractivity contribution is -0.130. The van der Waals surface area contributed by atoms with Crippen molar-refractivity contribution in [3.63, 3.8) is 0 Å². The summed E-state index contributed by atoms with van der Waals surface area (Å²) in [5.74, 6) is -0.0712. The van der Waals surface area contributed by atoms with Crippen LogP contribution in [0.25, 0.3) is 0 Å². The van der Waals surface area contributed by atoms with Crippen molar-refractivity contribution in [1.29, 1.82) is 0 Å². The first-order valence-corrected chi connectivity index (χ1v) is 11.5. The smallest absolute Gasteiger partial charge is 0.338 e. The Morgan fingerprint density at radius 3 is 1.31 bits per heavy atom. The third-order valence-electron chi connectivity index (χ3n) is 5.34. The van der Waals surface area contributed by atoms with Gasteiger partial charge in [-0.2, -0.15) is 0 Å². The van der Waals surface area contributed by atoms with Crippen molar-refractivity contribution >= 4 is 17.5 Å².